The van der Waals surface area contributed by atoms with E-state index < -0.39 is 0 Å². The van der Waals surface area contributed by atoms with Crippen molar-refractivity contribution in [2.24, 2.45) is 0 Å². The minimum Gasteiger partial charge on any atom is -0.340 e. The van der Waals surface area contributed by atoms with Crippen molar-refractivity contribution in [1.29, 1.82) is 0 Å². The van der Waals surface area contributed by atoms with Crippen LogP contribution in [0.15, 0.2) is 24.3 Å². The zero-order chi connectivity index (χ0) is 11.5. The maximum atomic E-state index is 12.0. The van der Waals surface area contributed by atoms with Gasteiger partial charge in [-0.3, -0.25) is 4.79 Å². The first-order valence-corrected chi connectivity index (χ1v) is 6.12. The average molecular weight is 238 g/mol. The van der Waals surface area contributed by atoms with E-state index in [1.54, 1.807) is 0 Å². The van der Waals surface area contributed by atoms with E-state index in [1.165, 1.54) is 12.8 Å². The van der Waals surface area contributed by atoms with E-state index >= 15 is 0 Å². The smallest absolute Gasteiger partial charge is 0.227 e. The molecule has 1 aromatic carbocycles. The minimum absolute atomic E-state index is 0.229. The molecule has 1 amide bonds. The molecule has 2 rings (SSSR count). The van der Waals surface area contributed by atoms with Crippen LogP contribution in [0.5, 0.6) is 0 Å². The highest BCUT2D eigenvalue weighted by Crippen LogP contribution is 2.27. The Morgan fingerprint density at radius 3 is 2.50 bits per heavy atom. The van der Waals surface area contributed by atoms with Crippen LogP contribution < -0.4 is 0 Å². The molecule has 2 nitrogen and oxygen atoms in total. The number of likely N-dealkylation sites (N-methyl/N-ethyl adjacent to an activating group) is 1. The van der Waals surface area contributed by atoms with Gasteiger partial charge < -0.3 is 4.90 Å². The third-order valence-electron chi connectivity index (χ3n) is 2.92. The Morgan fingerprint density at radius 1 is 1.38 bits per heavy atom. The molecule has 16 heavy (non-hydrogen) atoms. The molecule has 0 aliphatic heterocycles. The second-order valence-corrected chi connectivity index (χ2v) is 4.65. The summed E-state index contributed by atoms with van der Waals surface area (Å²) < 4.78 is 0. The van der Waals surface area contributed by atoms with Gasteiger partial charge in [0, 0.05) is 17.6 Å². The molecular weight excluding hydrogens is 222 g/mol. The molecule has 0 unspecified atom stereocenters. The van der Waals surface area contributed by atoms with Crippen molar-refractivity contribution in [1.82, 2.24) is 4.90 Å². The van der Waals surface area contributed by atoms with E-state index in [4.69, 9.17) is 11.6 Å². The lowest BCUT2D eigenvalue weighted by molar-refractivity contribution is -0.130. The van der Waals surface area contributed by atoms with Gasteiger partial charge in [-0.15, -0.1) is 0 Å². The zero-order valence-corrected chi connectivity index (χ0v) is 10.2. The van der Waals surface area contributed by atoms with Gasteiger partial charge in [0.15, 0.2) is 0 Å². The molecule has 0 saturated heterocycles. The van der Waals surface area contributed by atoms with E-state index in [1.807, 2.05) is 36.1 Å². The standard InChI is InChI=1S/C13H16ClNO/c1-2-15(12-7-8-12)13(16)9-10-3-5-11(14)6-4-10/h3-6,12H,2,7-9H2,1H3. The molecule has 1 aliphatic carbocycles. The monoisotopic (exact) mass is 237 g/mol. The Labute approximate surface area is 101 Å². The van der Waals surface area contributed by atoms with Gasteiger partial charge in [0.05, 0.1) is 6.42 Å². The van der Waals surface area contributed by atoms with Crippen LogP contribution in [0.3, 0.4) is 0 Å². The Hall–Kier alpha value is -1.02. The summed E-state index contributed by atoms with van der Waals surface area (Å²) >= 11 is 5.80. The van der Waals surface area contributed by atoms with Gasteiger partial charge in [-0.2, -0.15) is 0 Å². The maximum Gasteiger partial charge on any atom is 0.227 e. The van der Waals surface area contributed by atoms with Crippen LogP contribution in [0.1, 0.15) is 25.3 Å². The molecule has 1 saturated carbocycles. The number of halogens is 1. The largest absolute Gasteiger partial charge is 0.340 e. The van der Waals surface area contributed by atoms with Crippen molar-refractivity contribution in [3.8, 4) is 0 Å². The fourth-order valence-corrected chi connectivity index (χ4v) is 2.03. The molecule has 0 heterocycles. The Kier molecular flexibility index (Phi) is 3.49. The number of benzene rings is 1. The van der Waals surface area contributed by atoms with Crippen molar-refractivity contribution in [3.05, 3.63) is 34.9 Å². The molecule has 1 aliphatic rings. The zero-order valence-electron chi connectivity index (χ0n) is 9.45. The maximum absolute atomic E-state index is 12.0. The first-order valence-electron chi connectivity index (χ1n) is 5.74. The summed E-state index contributed by atoms with van der Waals surface area (Å²) in [6.07, 6.45) is 2.82. The second kappa shape index (κ2) is 4.88. The summed E-state index contributed by atoms with van der Waals surface area (Å²) in [5.41, 5.74) is 1.04. The normalized spacial score (nSPS) is 14.9. The number of rotatable bonds is 4. The Bertz CT molecular complexity index is 370. The van der Waals surface area contributed by atoms with Crippen molar-refractivity contribution in [2.75, 3.05) is 6.54 Å². The van der Waals surface area contributed by atoms with Crippen molar-refractivity contribution >= 4 is 17.5 Å². The van der Waals surface area contributed by atoms with Crippen LogP contribution in [0.2, 0.25) is 5.02 Å². The highest BCUT2D eigenvalue weighted by atomic mass is 35.5. The lowest BCUT2D eigenvalue weighted by Crippen LogP contribution is -2.33. The van der Waals surface area contributed by atoms with Gasteiger partial charge in [-0.1, -0.05) is 23.7 Å². The van der Waals surface area contributed by atoms with E-state index in [-0.39, 0.29) is 5.91 Å². The summed E-state index contributed by atoms with van der Waals surface area (Å²) in [6, 6.07) is 8.00. The summed E-state index contributed by atoms with van der Waals surface area (Å²) in [4.78, 5) is 14.0. The van der Waals surface area contributed by atoms with Crippen LogP contribution in [-0.4, -0.2) is 23.4 Å². The van der Waals surface area contributed by atoms with Crippen molar-refractivity contribution in [3.63, 3.8) is 0 Å². The fourth-order valence-electron chi connectivity index (χ4n) is 1.90. The number of amides is 1. The minimum atomic E-state index is 0.229. The molecule has 0 bridgehead atoms. The number of hydrogen-bond donors (Lipinski definition) is 0. The van der Waals surface area contributed by atoms with Crippen molar-refractivity contribution in [2.45, 2.75) is 32.2 Å². The van der Waals surface area contributed by atoms with Gasteiger partial charge in [0.25, 0.3) is 0 Å². The van der Waals surface area contributed by atoms with Crippen LogP contribution in [0, 0.1) is 0 Å². The van der Waals surface area contributed by atoms with Gasteiger partial charge in [0.1, 0.15) is 0 Å². The van der Waals surface area contributed by atoms with Gasteiger partial charge in [0.2, 0.25) is 5.91 Å². The molecule has 1 fully saturated rings. The Balaban J connectivity index is 1.97. The summed E-state index contributed by atoms with van der Waals surface area (Å²) in [6.45, 7) is 2.86. The number of carbonyl (C=O) groups excluding carboxylic acids is 1. The van der Waals surface area contributed by atoms with Crippen LogP contribution in [0.4, 0.5) is 0 Å². The molecule has 0 radical (unpaired) electrons. The summed E-state index contributed by atoms with van der Waals surface area (Å²) in [5.74, 6) is 0.229. The number of nitrogens with zero attached hydrogens (tertiary/aromatic N) is 1. The lowest BCUT2D eigenvalue weighted by Gasteiger charge is -2.20. The average Bonchev–Trinajstić information content (AvgIpc) is 3.07. The first-order chi connectivity index (χ1) is 7.70. The summed E-state index contributed by atoms with van der Waals surface area (Å²) in [5, 5.41) is 0.714. The van der Waals surface area contributed by atoms with E-state index in [0.29, 0.717) is 17.5 Å². The molecule has 0 spiro atoms. The first kappa shape index (κ1) is 11.5. The Morgan fingerprint density at radius 2 is 2.00 bits per heavy atom. The topological polar surface area (TPSA) is 20.3 Å². The van der Waals surface area contributed by atoms with E-state index in [0.717, 1.165) is 12.1 Å². The molecule has 86 valence electrons. The lowest BCUT2D eigenvalue weighted by atomic mass is 10.1. The number of hydrogen-bond acceptors (Lipinski definition) is 1. The molecule has 1 aromatic rings. The molecular formula is C13H16ClNO. The second-order valence-electron chi connectivity index (χ2n) is 4.21. The third-order valence-corrected chi connectivity index (χ3v) is 3.17. The molecule has 0 aromatic heterocycles. The molecule has 3 heteroatoms. The predicted molar refractivity (Wildman–Crippen MR) is 65.6 cm³/mol. The van der Waals surface area contributed by atoms with Gasteiger partial charge in [-0.25, -0.2) is 0 Å². The highest BCUT2D eigenvalue weighted by Gasteiger charge is 2.30. The van der Waals surface area contributed by atoms with Crippen LogP contribution in [-0.2, 0) is 11.2 Å². The SMILES string of the molecule is CCN(C(=O)Cc1ccc(Cl)cc1)C1CC1. The van der Waals surface area contributed by atoms with Crippen LogP contribution >= 0.6 is 11.6 Å². The quantitative estimate of drug-likeness (QED) is 0.789. The van der Waals surface area contributed by atoms with Gasteiger partial charge in [-0.05, 0) is 37.5 Å². The summed E-state index contributed by atoms with van der Waals surface area (Å²) in [7, 11) is 0. The molecule has 0 atom stereocenters. The highest BCUT2D eigenvalue weighted by molar-refractivity contribution is 6.30. The fraction of sp³-hybridized carbons (Fsp3) is 0.462. The van der Waals surface area contributed by atoms with E-state index in [2.05, 4.69) is 0 Å². The van der Waals surface area contributed by atoms with Crippen molar-refractivity contribution < 1.29 is 4.79 Å². The molecule has 0 N–H and O–H groups in total. The predicted octanol–water partition coefficient (Wildman–Crippen LogP) is 2.89. The third kappa shape index (κ3) is 2.76. The van der Waals surface area contributed by atoms with E-state index in [9.17, 15) is 4.79 Å². The van der Waals surface area contributed by atoms with Gasteiger partial charge >= 0.3 is 0 Å². The van der Waals surface area contributed by atoms with Crippen LogP contribution in [0.25, 0.3) is 0 Å². The number of carbonyl (C=O) groups is 1.